The lowest BCUT2D eigenvalue weighted by Crippen LogP contribution is -2.19. The summed E-state index contributed by atoms with van der Waals surface area (Å²) in [7, 11) is -0.929. The molecule has 6 heteroatoms. The molecule has 0 amide bonds. The van der Waals surface area contributed by atoms with E-state index in [1.807, 2.05) is 6.07 Å². The predicted octanol–water partition coefficient (Wildman–Crippen LogP) is 0.475. The van der Waals surface area contributed by atoms with Crippen molar-refractivity contribution >= 4 is 10.0 Å². The molecule has 15 heavy (non-hydrogen) atoms. The van der Waals surface area contributed by atoms with Crippen LogP contribution in [0.25, 0.3) is 0 Å². The Balaban J connectivity index is 3.45. The second-order valence-corrected chi connectivity index (χ2v) is 4.54. The van der Waals surface area contributed by atoms with Gasteiger partial charge >= 0.3 is 0 Å². The molecule has 0 spiro atoms. The number of hydrogen-bond donors (Lipinski definition) is 1. The maximum absolute atomic E-state index is 11.5. The van der Waals surface area contributed by atoms with E-state index in [0.29, 0.717) is 0 Å². The molecular weight excluding hydrogens is 216 g/mol. The summed E-state index contributed by atoms with van der Waals surface area (Å²) in [6.45, 7) is 0. The third-order valence-corrected chi connectivity index (χ3v) is 3.29. The lowest BCUT2D eigenvalue weighted by molar-refractivity contribution is 0.402. The van der Waals surface area contributed by atoms with E-state index in [0.717, 1.165) is 0 Å². The molecular formula is C9H10N2O3S. The maximum Gasteiger partial charge on any atom is 0.244 e. The number of nitrogens with one attached hydrogen (secondary N) is 1. The van der Waals surface area contributed by atoms with E-state index in [9.17, 15) is 8.42 Å². The first-order valence-corrected chi connectivity index (χ1v) is 5.55. The van der Waals surface area contributed by atoms with Crippen LogP contribution in [0.1, 0.15) is 5.56 Å². The molecule has 0 heterocycles. The van der Waals surface area contributed by atoms with Crippen LogP contribution < -0.4 is 9.46 Å². The lowest BCUT2D eigenvalue weighted by Gasteiger charge is -2.08. The molecule has 80 valence electrons. The molecule has 0 aliphatic carbocycles. The first-order chi connectivity index (χ1) is 7.05. The van der Waals surface area contributed by atoms with Gasteiger partial charge in [0, 0.05) is 0 Å². The Hall–Kier alpha value is -1.58. The molecule has 0 atom stereocenters. The molecule has 1 aromatic rings. The number of rotatable bonds is 3. The summed E-state index contributed by atoms with van der Waals surface area (Å²) < 4.78 is 30.2. The molecule has 0 fully saturated rings. The van der Waals surface area contributed by atoms with E-state index in [4.69, 9.17) is 10.00 Å². The van der Waals surface area contributed by atoms with E-state index in [1.54, 1.807) is 0 Å². The summed E-state index contributed by atoms with van der Waals surface area (Å²) in [5.74, 6) is 0.211. The van der Waals surface area contributed by atoms with Crippen molar-refractivity contribution in [2.75, 3.05) is 14.2 Å². The Kier molecular flexibility index (Phi) is 3.29. The smallest absolute Gasteiger partial charge is 0.244 e. The van der Waals surface area contributed by atoms with Crippen LogP contribution in [-0.4, -0.2) is 22.6 Å². The fourth-order valence-electron chi connectivity index (χ4n) is 1.07. The molecule has 0 unspecified atom stereocenters. The largest absolute Gasteiger partial charge is 0.495 e. The number of nitriles is 1. The molecule has 1 rings (SSSR count). The molecule has 0 saturated heterocycles. The van der Waals surface area contributed by atoms with Gasteiger partial charge in [0.15, 0.2) is 0 Å². The van der Waals surface area contributed by atoms with Gasteiger partial charge in [0.2, 0.25) is 10.0 Å². The van der Waals surface area contributed by atoms with Crippen molar-refractivity contribution in [2.24, 2.45) is 0 Å². The molecule has 0 aliphatic rings. The summed E-state index contributed by atoms with van der Waals surface area (Å²) in [5.41, 5.74) is 0.268. The van der Waals surface area contributed by atoms with Crippen molar-refractivity contribution in [3.63, 3.8) is 0 Å². The van der Waals surface area contributed by atoms with Crippen molar-refractivity contribution in [1.29, 1.82) is 5.26 Å². The Bertz CT molecular complexity index is 503. The van der Waals surface area contributed by atoms with Crippen molar-refractivity contribution in [1.82, 2.24) is 4.72 Å². The van der Waals surface area contributed by atoms with Crippen LogP contribution in [0.4, 0.5) is 0 Å². The Morgan fingerprint density at radius 2 is 2.13 bits per heavy atom. The highest BCUT2D eigenvalue weighted by molar-refractivity contribution is 7.89. The lowest BCUT2D eigenvalue weighted by atomic mass is 10.2. The third kappa shape index (κ3) is 2.26. The highest BCUT2D eigenvalue weighted by Gasteiger charge is 2.17. The minimum Gasteiger partial charge on any atom is -0.495 e. The molecule has 0 aliphatic heterocycles. The summed E-state index contributed by atoms with van der Waals surface area (Å²) in [6, 6.07) is 6.08. The van der Waals surface area contributed by atoms with E-state index >= 15 is 0 Å². The van der Waals surface area contributed by atoms with Gasteiger partial charge in [0.05, 0.1) is 18.7 Å². The molecule has 0 aromatic heterocycles. The quantitative estimate of drug-likeness (QED) is 0.812. The van der Waals surface area contributed by atoms with E-state index < -0.39 is 10.0 Å². The summed E-state index contributed by atoms with van der Waals surface area (Å²) in [4.78, 5) is -0.0356. The van der Waals surface area contributed by atoms with E-state index in [2.05, 4.69) is 4.72 Å². The normalized spacial score (nSPS) is 10.7. The number of sulfonamides is 1. The number of hydrogen-bond acceptors (Lipinski definition) is 4. The second kappa shape index (κ2) is 4.29. The molecule has 1 aromatic carbocycles. The van der Waals surface area contributed by atoms with Crippen LogP contribution in [0.3, 0.4) is 0 Å². The standard InChI is InChI=1S/C9H10N2O3S/c1-11-15(12,13)9-5-7(6-10)3-4-8(9)14-2/h3-5,11H,1-2H3. The van der Waals surface area contributed by atoms with E-state index in [-0.39, 0.29) is 16.2 Å². The second-order valence-electron chi connectivity index (χ2n) is 2.69. The van der Waals surface area contributed by atoms with Gasteiger partial charge in [-0.25, -0.2) is 13.1 Å². The van der Waals surface area contributed by atoms with Gasteiger partial charge in [-0.05, 0) is 25.2 Å². The minimum absolute atomic E-state index is 0.0356. The molecule has 0 bridgehead atoms. The summed E-state index contributed by atoms with van der Waals surface area (Å²) >= 11 is 0. The van der Waals surface area contributed by atoms with Crippen molar-refractivity contribution < 1.29 is 13.2 Å². The van der Waals surface area contributed by atoms with Crippen molar-refractivity contribution in [2.45, 2.75) is 4.90 Å². The zero-order valence-corrected chi connectivity index (χ0v) is 9.13. The topological polar surface area (TPSA) is 79.2 Å². The van der Waals surface area contributed by atoms with Crippen LogP contribution >= 0.6 is 0 Å². The van der Waals surface area contributed by atoms with Gasteiger partial charge in [0.25, 0.3) is 0 Å². The van der Waals surface area contributed by atoms with Crippen LogP contribution in [0.5, 0.6) is 5.75 Å². The number of ether oxygens (including phenoxy) is 1. The number of benzene rings is 1. The van der Waals surface area contributed by atoms with Crippen LogP contribution in [0.2, 0.25) is 0 Å². The van der Waals surface area contributed by atoms with Crippen LogP contribution in [0, 0.1) is 11.3 Å². The molecule has 5 nitrogen and oxygen atoms in total. The zero-order chi connectivity index (χ0) is 11.5. The zero-order valence-electron chi connectivity index (χ0n) is 8.31. The summed E-state index contributed by atoms with van der Waals surface area (Å²) in [5, 5.41) is 8.66. The highest BCUT2D eigenvalue weighted by Crippen LogP contribution is 2.24. The van der Waals surface area contributed by atoms with Gasteiger partial charge in [0.1, 0.15) is 10.6 Å². The molecule has 0 saturated carbocycles. The number of methoxy groups -OCH3 is 1. The fraction of sp³-hybridized carbons (Fsp3) is 0.222. The monoisotopic (exact) mass is 226 g/mol. The van der Waals surface area contributed by atoms with Gasteiger partial charge in [-0.2, -0.15) is 5.26 Å². The predicted molar refractivity (Wildman–Crippen MR) is 54.0 cm³/mol. The first-order valence-electron chi connectivity index (χ1n) is 4.07. The molecule has 1 N–H and O–H groups in total. The Morgan fingerprint density at radius 1 is 1.47 bits per heavy atom. The fourth-order valence-corrected chi connectivity index (χ4v) is 1.98. The average Bonchev–Trinajstić information content (AvgIpc) is 2.28. The van der Waals surface area contributed by atoms with Gasteiger partial charge in [-0.1, -0.05) is 0 Å². The van der Waals surface area contributed by atoms with Crippen LogP contribution in [0.15, 0.2) is 23.1 Å². The summed E-state index contributed by atoms with van der Waals surface area (Å²) in [6.07, 6.45) is 0. The first kappa shape index (κ1) is 11.5. The van der Waals surface area contributed by atoms with Gasteiger partial charge in [-0.3, -0.25) is 0 Å². The highest BCUT2D eigenvalue weighted by atomic mass is 32.2. The average molecular weight is 226 g/mol. The van der Waals surface area contributed by atoms with Crippen molar-refractivity contribution in [3.05, 3.63) is 23.8 Å². The van der Waals surface area contributed by atoms with E-state index in [1.165, 1.54) is 32.4 Å². The van der Waals surface area contributed by atoms with Gasteiger partial charge < -0.3 is 4.74 Å². The third-order valence-electron chi connectivity index (χ3n) is 1.85. The SMILES string of the molecule is CNS(=O)(=O)c1cc(C#N)ccc1OC. The van der Waals surface area contributed by atoms with Crippen LogP contribution in [-0.2, 0) is 10.0 Å². The molecule has 0 radical (unpaired) electrons. The van der Waals surface area contributed by atoms with Crippen molar-refractivity contribution in [3.8, 4) is 11.8 Å². The Morgan fingerprint density at radius 3 is 2.60 bits per heavy atom. The van der Waals surface area contributed by atoms with Gasteiger partial charge in [-0.15, -0.1) is 0 Å². The maximum atomic E-state index is 11.5. The Labute approximate surface area is 88.3 Å². The minimum atomic E-state index is -3.60. The number of nitrogens with zero attached hydrogens (tertiary/aromatic N) is 1.